The number of anilines is 1. The van der Waals surface area contributed by atoms with Gasteiger partial charge in [0.25, 0.3) is 5.91 Å². The molecule has 0 unspecified atom stereocenters. The molecule has 2 aliphatic rings. The fourth-order valence-corrected chi connectivity index (χ4v) is 6.61. The third-order valence-electron chi connectivity index (χ3n) is 9.73. The fraction of sp³-hybridized carbons (Fsp3) is 0.618. The van der Waals surface area contributed by atoms with Crippen molar-refractivity contribution in [2.45, 2.75) is 104 Å². The third-order valence-corrected chi connectivity index (χ3v) is 9.73. The van der Waals surface area contributed by atoms with Crippen LogP contribution in [-0.2, 0) is 20.9 Å². The summed E-state index contributed by atoms with van der Waals surface area (Å²) in [6.45, 7) is 10.7. The third kappa shape index (κ3) is 8.49. The Hall–Kier alpha value is -3.76. The Labute approximate surface area is 265 Å². The first-order valence-electron chi connectivity index (χ1n) is 16.5. The number of nitrogens with one attached hydrogen (secondary N) is 4. The van der Waals surface area contributed by atoms with Crippen LogP contribution in [0.1, 0.15) is 102 Å². The number of rotatable bonds is 13. The standard InChI is InChI=1S/C34H49FN6O4/c1-6-29(42)39-30(33(44)36-19-23-9-8-10-23)22(5)24-12-14-27(26(35)18-24)38-34(45)31(25-13-11-20(3)17-21(25)4)40-32(43)28-15-16-37-41(28)7-2/h12,14-16,18,20-23,25,30-31H,6-11,13,17,19H2,1-5H3,(H,36,44)(H,38,45)(H,39,42)(H,40,43)/t20-,21+,22-,25-,30+,31-/m0/s1. The maximum Gasteiger partial charge on any atom is 0.270 e. The van der Waals surface area contributed by atoms with Gasteiger partial charge in [0.2, 0.25) is 17.7 Å². The Morgan fingerprint density at radius 2 is 1.78 bits per heavy atom. The van der Waals surface area contributed by atoms with Crippen molar-refractivity contribution in [3.63, 3.8) is 0 Å². The summed E-state index contributed by atoms with van der Waals surface area (Å²) in [5.41, 5.74) is 0.852. The molecule has 2 aliphatic carbocycles. The molecule has 0 radical (unpaired) electrons. The van der Waals surface area contributed by atoms with E-state index in [9.17, 15) is 19.2 Å². The number of hydrogen-bond acceptors (Lipinski definition) is 5. The molecule has 1 heterocycles. The molecule has 246 valence electrons. The van der Waals surface area contributed by atoms with E-state index in [2.05, 4.69) is 40.2 Å². The quantitative estimate of drug-likeness (QED) is 0.255. The van der Waals surface area contributed by atoms with Crippen molar-refractivity contribution in [1.82, 2.24) is 25.7 Å². The number of halogens is 1. The molecule has 4 amide bonds. The first-order chi connectivity index (χ1) is 21.5. The summed E-state index contributed by atoms with van der Waals surface area (Å²) in [6, 6.07) is 4.30. The van der Waals surface area contributed by atoms with Crippen LogP contribution in [0.4, 0.5) is 10.1 Å². The molecule has 10 nitrogen and oxygen atoms in total. The molecule has 45 heavy (non-hydrogen) atoms. The Bertz CT molecular complexity index is 1360. The van der Waals surface area contributed by atoms with E-state index in [-0.39, 0.29) is 35.8 Å². The number of carbonyl (C=O) groups excluding carboxylic acids is 4. The van der Waals surface area contributed by atoms with Crippen LogP contribution < -0.4 is 21.3 Å². The van der Waals surface area contributed by atoms with E-state index in [1.807, 2.05) is 6.92 Å². The second-order valence-electron chi connectivity index (χ2n) is 13.0. The Morgan fingerprint density at radius 3 is 2.40 bits per heavy atom. The van der Waals surface area contributed by atoms with Crippen molar-refractivity contribution in [1.29, 1.82) is 0 Å². The molecule has 11 heteroatoms. The molecule has 4 N–H and O–H groups in total. The molecule has 4 rings (SSSR count). The van der Waals surface area contributed by atoms with Crippen molar-refractivity contribution in [3.05, 3.63) is 47.5 Å². The average molecular weight is 625 g/mol. The van der Waals surface area contributed by atoms with Crippen LogP contribution in [-0.4, -0.2) is 52.0 Å². The fourth-order valence-electron chi connectivity index (χ4n) is 6.61. The summed E-state index contributed by atoms with van der Waals surface area (Å²) >= 11 is 0. The van der Waals surface area contributed by atoms with E-state index < -0.39 is 35.6 Å². The lowest BCUT2D eigenvalue weighted by atomic mass is 9.72. The normalized spacial score (nSPS) is 22.0. The summed E-state index contributed by atoms with van der Waals surface area (Å²) in [7, 11) is 0. The zero-order valence-corrected chi connectivity index (χ0v) is 27.2. The molecular formula is C34H49FN6O4. The van der Waals surface area contributed by atoms with Gasteiger partial charge in [-0.25, -0.2) is 4.39 Å². The van der Waals surface area contributed by atoms with Gasteiger partial charge in [-0.15, -0.1) is 0 Å². The van der Waals surface area contributed by atoms with Crippen molar-refractivity contribution >= 4 is 29.3 Å². The molecular weight excluding hydrogens is 575 g/mol. The lowest BCUT2D eigenvalue weighted by Crippen LogP contribution is -2.51. The smallest absolute Gasteiger partial charge is 0.270 e. The topological polar surface area (TPSA) is 134 Å². The highest BCUT2D eigenvalue weighted by molar-refractivity contribution is 6.00. The number of amides is 4. The van der Waals surface area contributed by atoms with Crippen LogP contribution in [0, 0.1) is 29.5 Å². The first kappa shape index (κ1) is 34.1. The van der Waals surface area contributed by atoms with Crippen molar-refractivity contribution in [2.24, 2.45) is 23.7 Å². The molecule has 2 saturated carbocycles. The maximum atomic E-state index is 15.6. The second kappa shape index (κ2) is 15.5. The van der Waals surface area contributed by atoms with Gasteiger partial charge in [0.05, 0.1) is 5.69 Å². The van der Waals surface area contributed by atoms with Crippen LogP contribution in [0.2, 0.25) is 0 Å². The van der Waals surface area contributed by atoms with Crippen LogP contribution in [0.15, 0.2) is 30.5 Å². The average Bonchev–Trinajstić information content (AvgIpc) is 3.48. The van der Waals surface area contributed by atoms with Crippen LogP contribution >= 0.6 is 0 Å². The monoisotopic (exact) mass is 624 g/mol. The van der Waals surface area contributed by atoms with E-state index in [1.165, 1.54) is 12.1 Å². The van der Waals surface area contributed by atoms with Crippen molar-refractivity contribution in [2.75, 3.05) is 11.9 Å². The zero-order valence-electron chi connectivity index (χ0n) is 27.2. The van der Waals surface area contributed by atoms with Crippen LogP contribution in [0.5, 0.6) is 0 Å². The lowest BCUT2D eigenvalue weighted by molar-refractivity contribution is -0.129. The number of hydrogen-bond donors (Lipinski definition) is 4. The number of aromatic nitrogens is 2. The number of aryl methyl sites for hydroxylation is 1. The molecule has 1 aromatic carbocycles. The highest BCUT2D eigenvalue weighted by Crippen LogP contribution is 2.36. The second-order valence-corrected chi connectivity index (χ2v) is 13.0. The molecule has 1 aromatic heterocycles. The summed E-state index contributed by atoms with van der Waals surface area (Å²) in [4.78, 5) is 52.5. The van der Waals surface area contributed by atoms with Crippen LogP contribution in [0.3, 0.4) is 0 Å². The molecule has 0 bridgehead atoms. The van der Waals surface area contributed by atoms with Crippen LogP contribution in [0.25, 0.3) is 0 Å². The van der Waals surface area contributed by atoms with Crippen molar-refractivity contribution < 1.29 is 23.6 Å². The van der Waals surface area contributed by atoms with Gasteiger partial charge < -0.3 is 21.3 Å². The Morgan fingerprint density at radius 1 is 1.02 bits per heavy atom. The summed E-state index contributed by atoms with van der Waals surface area (Å²) in [6.07, 6.45) is 7.71. The predicted octanol–water partition coefficient (Wildman–Crippen LogP) is 4.77. The molecule has 2 aromatic rings. The number of nitrogens with zero attached hydrogens (tertiary/aromatic N) is 2. The SMILES string of the molecule is CCC(=O)N[C@@H](C(=O)NCC1CCC1)[C@@H](C)c1ccc(NC(=O)[C@@H](NC(=O)c2ccnn2CC)[C@H]2CC[C@H](C)C[C@H]2C)c(F)c1. The van der Waals surface area contributed by atoms with E-state index in [0.717, 1.165) is 38.5 Å². The zero-order chi connectivity index (χ0) is 32.7. The molecule has 2 fully saturated rings. The molecule has 0 aliphatic heterocycles. The van der Waals surface area contributed by atoms with Gasteiger partial charge in [0.15, 0.2) is 0 Å². The van der Waals surface area contributed by atoms with E-state index >= 15 is 4.39 Å². The van der Waals surface area contributed by atoms with Gasteiger partial charge in [-0.2, -0.15) is 5.10 Å². The van der Waals surface area contributed by atoms with Gasteiger partial charge in [-0.3, -0.25) is 23.9 Å². The molecule has 0 spiro atoms. The van der Waals surface area contributed by atoms with Gasteiger partial charge in [0, 0.05) is 31.6 Å². The molecule has 6 atom stereocenters. The minimum Gasteiger partial charge on any atom is -0.354 e. The van der Waals surface area contributed by atoms with E-state index in [0.29, 0.717) is 36.2 Å². The predicted molar refractivity (Wildman–Crippen MR) is 171 cm³/mol. The van der Waals surface area contributed by atoms with Gasteiger partial charge >= 0.3 is 0 Å². The highest BCUT2D eigenvalue weighted by atomic mass is 19.1. The Balaban J connectivity index is 1.51. The van der Waals surface area contributed by atoms with E-state index in [1.54, 1.807) is 36.9 Å². The summed E-state index contributed by atoms with van der Waals surface area (Å²) in [5.74, 6) is -1.61. The lowest BCUT2D eigenvalue weighted by Gasteiger charge is -2.37. The minimum absolute atomic E-state index is 0.0193. The highest BCUT2D eigenvalue weighted by Gasteiger charge is 2.38. The Kier molecular flexibility index (Phi) is 11.7. The van der Waals surface area contributed by atoms with E-state index in [4.69, 9.17) is 0 Å². The summed E-state index contributed by atoms with van der Waals surface area (Å²) < 4.78 is 17.2. The van der Waals surface area contributed by atoms with Gasteiger partial charge in [-0.1, -0.05) is 46.6 Å². The van der Waals surface area contributed by atoms with Gasteiger partial charge in [-0.05, 0) is 80.0 Å². The minimum atomic E-state index is -0.872. The first-order valence-corrected chi connectivity index (χ1v) is 16.5. The number of benzene rings is 1. The maximum absolute atomic E-state index is 15.6. The molecule has 0 saturated heterocycles. The largest absolute Gasteiger partial charge is 0.354 e. The number of carbonyl (C=O) groups is 4. The van der Waals surface area contributed by atoms with Gasteiger partial charge in [0.1, 0.15) is 23.6 Å². The van der Waals surface area contributed by atoms with Crippen molar-refractivity contribution in [3.8, 4) is 0 Å². The summed E-state index contributed by atoms with van der Waals surface area (Å²) in [5, 5.41) is 15.6.